The van der Waals surface area contributed by atoms with E-state index in [1.807, 2.05) is 0 Å². The van der Waals surface area contributed by atoms with Crippen molar-refractivity contribution in [2.75, 3.05) is 26.2 Å². The van der Waals surface area contributed by atoms with E-state index in [4.69, 9.17) is 0 Å². The van der Waals surface area contributed by atoms with Crippen LogP contribution in [0.3, 0.4) is 0 Å². The number of rotatable bonds is 3. The molecule has 1 aliphatic heterocycles. The molecule has 0 radical (unpaired) electrons. The fraction of sp³-hybridized carbons (Fsp3) is 0.375. The van der Waals surface area contributed by atoms with Crippen LogP contribution < -0.4 is 0 Å². The van der Waals surface area contributed by atoms with Gasteiger partial charge in [-0.1, -0.05) is 0 Å². The van der Waals surface area contributed by atoms with Gasteiger partial charge in [0.25, 0.3) is 5.91 Å². The fourth-order valence-corrected chi connectivity index (χ4v) is 4.49. The summed E-state index contributed by atoms with van der Waals surface area (Å²) in [5.74, 6) is -0.694. The molecule has 134 valence electrons. The zero-order valence-corrected chi connectivity index (χ0v) is 14.8. The second-order valence-corrected chi connectivity index (χ2v) is 7.95. The summed E-state index contributed by atoms with van der Waals surface area (Å²) in [6, 6.07) is 5.28. The number of benzene rings is 1. The Morgan fingerprint density at radius 2 is 1.84 bits per heavy atom. The Kier molecular flexibility index (Phi) is 4.61. The summed E-state index contributed by atoms with van der Waals surface area (Å²) in [4.78, 5) is 14.0. The molecule has 25 heavy (non-hydrogen) atoms. The smallest absolute Gasteiger partial charge is 0.274 e. The van der Waals surface area contributed by atoms with Gasteiger partial charge in [0.2, 0.25) is 10.0 Å². The van der Waals surface area contributed by atoms with Gasteiger partial charge in [-0.2, -0.15) is 9.40 Å². The fourth-order valence-electron chi connectivity index (χ4n) is 2.86. The lowest BCUT2D eigenvalue weighted by Crippen LogP contribution is -2.50. The van der Waals surface area contributed by atoms with Gasteiger partial charge in [0.05, 0.1) is 4.90 Å². The van der Waals surface area contributed by atoms with Crippen molar-refractivity contribution in [2.24, 2.45) is 0 Å². The highest BCUT2D eigenvalue weighted by Gasteiger charge is 2.31. The summed E-state index contributed by atoms with van der Waals surface area (Å²) in [5.41, 5.74) is 1.48. The summed E-state index contributed by atoms with van der Waals surface area (Å²) in [6.07, 6.45) is 0. The lowest BCUT2D eigenvalue weighted by atomic mass is 10.2. The normalized spacial score (nSPS) is 16.2. The first-order chi connectivity index (χ1) is 11.8. The Bertz CT molecular complexity index is 902. The van der Waals surface area contributed by atoms with Crippen molar-refractivity contribution in [3.8, 4) is 0 Å². The number of hydrogen-bond acceptors (Lipinski definition) is 4. The summed E-state index contributed by atoms with van der Waals surface area (Å²) in [6.45, 7) is 4.31. The highest BCUT2D eigenvalue weighted by atomic mass is 32.2. The summed E-state index contributed by atoms with van der Waals surface area (Å²) < 4.78 is 40.0. The number of piperazine rings is 1. The van der Waals surface area contributed by atoms with E-state index < -0.39 is 15.8 Å². The number of aryl methyl sites for hydroxylation is 2. The van der Waals surface area contributed by atoms with Crippen molar-refractivity contribution in [2.45, 2.75) is 18.7 Å². The molecule has 7 nitrogen and oxygen atoms in total. The number of aromatic amines is 1. The van der Waals surface area contributed by atoms with E-state index in [0.29, 0.717) is 11.3 Å². The van der Waals surface area contributed by atoms with E-state index in [2.05, 4.69) is 10.2 Å². The van der Waals surface area contributed by atoms with Crippen LogP contribution in [0.25, 0.3) is 0 Å². The molecule has 2 heterocycles. The number of nitrogens with one attached hydrogen (secondary N) is 1. The molecule has 0 saturated carbocycles. The molecule has 1 saturated heterocycles. The Hall–Kier alpha value is -2.26. The lowest BCUT2D eigenvalue weighted by Gasteiger charge is -2.33. The number of nitrogens with zero attached hydrogens (tertiary/aromatic N) is 3. The van der Waals surface area contributed by atoms with Crippen LogP contribution in [0.2, 0.25) is 0 Å². The van der Waals surface area contributed by atoms with Gasteiger partial charge >= 0.3 is 0 Å². The first kappa shape index (κ1) is 17.6. The third-order valence-corrected chi connectivity index (χ3v) is 6.26. The quantitative estimate of drug-likeness (QED) is 0.887. The van der Waals surface area contributed by atoms with Crippen LogP contribution in [0.1, 0.15) is 21.7 Å². The third-order valence-electron chi connectivity index (χ3n) is 4.21. The Labute approximate surface area is 145 Å². The van der Waals surface area contributed by atoms with Crippen molar-refractivity contribution in [3.05, 3.63) is 47.0 Å². The molecule has 3 rings (SSSR count). The van der Waals surface area contributed by atoms with Gasteiger partial charge in [-0.05, 0) is 43.7 Å². The first-order valence-electron chi connectivity index (χ1n) is 7.86. The van der Waals surface area contributed by atoms with E-state index >= 15 is 0 Å². The van der Waals surface area contributed by atoms with Gasteiger partial charge in [-0.25, -0.2) is 12.8 Å². The molecule has 2 aromatic rings. The second-order valence-electron chi connectivity index (χ2n) is 6.04. The molecule has 1 fully saturated rings. The van der Waals surface area contributed by atoms with Gasteiger partial charge in [0.15, 0.2) is 0 Å². The Morgan fingerprint density at radius 1 is 1.16 bits per heavy atom. The van der Waals surface area contributed by atoms with Crippen molar-refractivity contribution >= 4 is 15.9 Å². The average Bonchev–Trinajstić information content (AvgIpc) is 3.00. The largest absolute Gasteiger partial charge is 0.335 e. The first-order valence-corrected chi connectivity index (χ1v) is 9.30. The van der Waals surface area contributed by atoms with Gasteiger partial charge in [-0.15, -0.1) is 0 Å². The van der Waals surface area contributed by atoms with Crippen LogP contribution in [0.5, 0.6) is 0 Å². The Balaban J connectivity index is 1.72. The SMILES string of the molecule is Cc1cc(C(=O)N2CCN(S(=O)(=O)c3ccc(F)cc3C)CC2)n[nH]1. The monoisotopic (exact) mass is 366 g/mol. The van der Waals surface area contributed by atoms with Gasteiger partial charge in [0.1, 0.15) is 11.5 Å². The molecule has 1 aliphatic rings. The Morgan fingerprint density at radius 3 is 2.40 bits per heavy atom. The van der Waals surface area contributed by atoms with E-state index in [0.717, 1.165) is 11.8 Å². The molecule has 0 atom stereocenters. The molecule has 1 aromatic heterocycles. The molecule has 9 heteroatoms. The van der Waals surface area contributed by atoms with Crippen molar-refractivity contribution < 1.29 is 17.6 Å². The molecule has 0 spiro atoms. The minimum atomic E-state index is -3.71. The molecule has 0 aliphatic carbocycles. The maximum Gasteiger partial charge on any atom is 0.274 e. The average molecular weight is 366 g/mol. The number of halogens is 1. The van der Waals surface area contributed by atoms with E-state index in [1.54, 1.807) is 24.8 Å². The van der Waals surface area contributed by atoms with Crippen LogP contribution >= 0.6 is 0 Å². The number of carbonyl (C=O) groups excluding carboxylic acids is 1. The number of amides is 1. The number of aromatic nitrogens is 2. The predicted octanol–water partition coefficient (Wildman–Crippen LogP) is 1.31. The maximum absolute atomic E-state index is 13.2. The van der Waals surface area contributed by atoms with Crippen molar-refractivity contribution in [1.29, 1.82) is 0 Å². The van der Waals surface area contributed by atoms with Crippen LogP contribution in [0, 0.1) is 19.7 Å². The van der Waals surface area contributed by atoms with Gasteiger partial charge < -0.3 is 4.90 Å². The van der Waals surface area contributed by atoms with Gasteiger partial charge in [0, 0.05) is 31.9 Å². The number of sulfonamides is 1. The van der Waals surface area contributed by atoms with Crippen molar-refractivity contribution in [1.82, 2.24) is 19.4 Å². The molecule has 0 bridgehead atoms. The molecular weight excluding hydrogens is 347 g/mol. The van der Waals surface area contributed by atoms with E-state index in [-0.39, 0.29) is 37.0 Å². The number of carbonyl (C=O) groups is 1. The van der Waals surface area contributed by atoms with Crippen LogP contribution in [0.4, 0.5) is 4.39 Å². The molecular formula is C16H19FN4O3S. The highest BCUT2D eigenvalue weighted by Crippen LogP contribution is 2.22. The summed E-state index contributed by atoms with van der Waals surface area (Å²) >= 11 is 0. The summed E-state index contributed by atoms with van der Waals surface area (Å²) in [7, 11) is -3.71. The molecule has 1 aromatic carbocycles. The number of hydrogen-bond donors (Lipinski definition) is 1. The minimum Gasteiger partial charge on any atom is -0.335 e. The topological polar surface area (TPSA) is 86.4 Å². The highest BCUT2D eigenvalue weighted by molar-refractivity contribution is 7.89. The molecule has 1 N–H and O–H groups in total. The zero-order chi connectivity index (χ0) is 18.2. The van der Waals surface area contributed by atoms with Crippen LogP contribution in [-0.2, 0) is 10.0 Å². The lowest BCUT2D eigenvalue weighted by molar-refractivity contribution is 0.0692. The predicted molar refractivity (Wildman–Crippen MR) is 89.1 cm³/mol. The minimum absolute atomic E-state index is 0.0941. The van der Waals surface area contributed by atoms with E-state index in [9.17, 15) is 17.6 Å². The molecule has 0 unspecified atom stereocenters. The second kappa shape index (κ2) is 6.57. The van der Waals surface area contributed by atoms with E-state index in [1.165, 1.54) is 16.4 Å². The summed E-state index contributed by atoms with van der Waals surface area (Å²) in [5, 5.41) is 6.66. The van der Waals surface area contributed by atoms with Crippen LogP contribution in [0.15, 0.2) is 29.2 Å². The molecule has 1 amide bonds. The van der Waals surface area contributed by atoms with Crippen LogP contribution in [-0.4, -0.2) is 59.9 Å². The van der Waals surface area contributed by atoms with Gasteiger partial charge in [-0.3, -0.25) is 9.89 Å². The maximum atomic E-state index is 13.2. The standard InChI is InChI=1S/C16H19FN4O3S/c1-11-9-13(17)3-4-15(11)25(23,24)21-7-5-20(6-8-21)16(22)14-10-12(2)18-19-14/h3-4,9-10H,5-8H2,1-2H3,(H,18,19). The van der Waals surface area contributed by atoms with Crippen molar-refractivity contribution in [3.63, 3.8) is 0 Å². The number of H-pyrrole nitrogens is 1. The zero-order valence-electron chi connectivity index (χ0n) is 14.0. The third kappa shape index (κ3) is 3.42.